The number of unbranched alkanes of at least 4 members (excludes halogenated alkanes) is 4. The van der Waals surface area contributed by atoms with Gasteiger partial charge in [0.25, 0.3) is 0 Å². The van der Waals surface area contributed by atoms with Crippen molar-refractivity contribution in [3.05, 3.63) is 23.8 Å². The van der Waals surface area contributed by atoms with E-state index in [9.17, 15) is 24.0 Å². The number of hydrogen-bond donors (Lipinski definition) is 12. The third-order valence-electron chi connectivity index (χ3n) is 20.9. The van der Waals surface area contributed by atoms with Crippen LogP contribution in [0.25, 0.3) is 0 Å². The van der Waals surface area contributed by atoms with Crippen molar-refractivity contribution in [2.45, 2.75) is 184 Å². The molecular weight excluding hydrogens is 1360 g/mol. The summed E-state index contributed by atoms with van der Waals surface area (Å²) >= 11 is 0. The molecular formula is C82H175N21O5. The van der Waals surface area contributed by atoms with E-state index in [4.69, 9.17) is 0 Å². The predicted octanol–water partition coefficient (Wildman–Crippen LogP) is 5.15. The van der Waals surface area contributed by atoms with Gasteiger partial charge >= 0.3 is 0 Å². The highest BCUT2D eigenvalue weighted by atomic mass is 16.2. The van der Waals surface area contributed by atoms with Crippen LogP contribution in [0.4, 0.5) is 11.4 Å². The van der Waals surface area contributed by atoms with Crippen molar-refractivity contribution in [1.29, 1.82) is 0 Å². The van der Waals surface area contributed by atoms with E-state index in [2.05, 4.69) is 163 Å². The van der Waals surface area contributed by atoms with Gasteiger partial charge in [-0.2, -0.15) is 0 Å². The number of carbonyl (C=O) groups is 5. The number of amides is 2. The van der Waals surface area contributed by atoms with Crippen LogP contribution in [0.15, 0.2) is 18.2 Å². The van der Waals surface area contributed by atoms with Crippen LogP contribution in [0.2, 0.25) is 0 Å². The third kappa shape index (κ3) is 58.0. The fourth-order valence-corrected chi connectivity index (χ4v) is 12.6. The van der Waals surface area contributed by atoms with Gasteiger partial charge < -0.3 is 108 Å². The molecule has 0 saturated carbocycles. The zero-order valence-corrected chi connectivity index (χ0v) is 73.9. The number of carbonyl (C=O) groups excluding carboxylic acids is 5. The number of rotatable bonds is 46. The molecule has 26 heteroatoms. The average Bonchev–Trinajstić information content (AvgIpc) is 0.849. The summed E-state index contributed by atoms with van der Waals surface area (Å²) in [5.41, 5.74) is 2.66. The van der Waals surface area contributed by atoms with Crippen molar-refractivity contribution in [2.24, 2.45) is 0 Å². The summed E-state index contributed by atoms with van der Waals surface area (Å²) in [5, 5.41) is 36.7. The maximum atomic E-state index is 12.3. The van der Waals surface area contributed by atoms with Crippen molar-refractivity contribution >= 4 is 40.5 Å². The molecule has 1 aromatic rings. The number of likely N-dealkylation sites (N-methyl/N-ethyl adjacent to an activating group) is 13. The van der Waals surface area contributed by atoms with E-state index < -0.39 is 0 Å². The summed E-state index contributed by atoms with van der Waals surface area (Å²) < 4.78 is 0. The maximum absolute atomic E-state index is 12.3. The Morgan fingerprint density at radius 1 is 0.333 bits per heavy atom. The highest BCUT2D eigenvalue weighted by molar-refractivity contribution is 5.97. The van der Waals surface area contributed by atoms with Crippen LogP contribution in [-0.4, -0.2) is 384 Å². The molecule has 2 fully saturated rings. The van der Waals surface area contributed by atoms with Gasteiger partial charge in [0.1, 0.15) is 11.6 Å². The zero-order valence-electron chi connectivity index (χ0n) is 73.9. The van der Waals surface area contributed by atoms with Gasteiger partial charge in [-0.1, -0.05) is 88.0 Å². The largest absolute Gasteiger partial charge is 0.388 e. The number of nitrogens with one attached hydrogen (secondary N) is 12. The van der Waals surface area contributed by atoms with E-state index in [1.807, 2.05) is 103 Å². The molecule has 4 unspecified atom stereocenters. The van der Waals surface area contributed by atoms with E-state index in [0.29, 0.717) is 19.5 Å². The molecule has 108 heavy (non-hydrogen) atoms. The van der Waals surface area contributed by atoms with Crippen molar-refractivity contribution in [3.8, 4) is 0 Å². The molecule has 0 spiro atoms. The van der Waals surface area contributed by atoms with Gasteiger partial charge in [-0.25, -0.2) is 0 Å². The molecule has 638 valence electrons. The molecule has 3 rings (SSSR count). The number of ketones is 3. The molecule has 26 nitrogen and oxygen atoms in total. The minimum atomic E-state index is -0.141. The van der Waals surface area contributed by atoms with Crippen LogP contribution in [0, 0.1) is 0 Å². The lowest BCUT2D eigenvalue weighted by Crippen LogP contribution is -2.46. The molecule has 2 saturated heterocycles. The summed E-state index contributed by atoms with van der Waals surface area (Å²) in [6.07, 6.45) is 12.8. The molecule has 0 aliphatic carbocycles. The summed E-state index contributed by atoms with van der Waals surface area (Å²) in [7, 11) is 20.8. The van der Waals surface area contributed by atoms with Crippen molar-refractivity contribution in [1.82, 2.24) is 97.3 Å². The van der Waals surface area contributed by atoms with E-state index in [1.54, 1.807) is 13.8 Å². The number of Topliss-reactive ketones (excluding diaryl/α,β-unsaturated/α-hetero) is 3. The third-order valence-corrected chi connectivity index (χ3v) is 20.9. The second-order valence-electron chi connectivity index (χ2n) is 28.4. The molecule has 12 N–H and O–H groups in total. The smallest absolute Gasteiger partial charge is 0.237 e. The van der Waals surface area contributed by atoms with Crippen LogP contribution in [-0.2, 0) is 19.2 Å². The molecule has 2 aliphatic heterocycles. The SMILES string of the molecule is CCC(=O)c1cc(NC)cc(NC)c1.CCN1CCN(CC)CCN(CC)CCN(CC)CC1.CCN1CCN(CC)CCN(CC)CCN(CC)CC1.CNCCCCC(NC)C(=O)NCCN(C)CCNC(=O)C(CCCCNC)NC.CNCCCCC(NC)C(C)=O.CNCCCCC(NC)C(C)=O. The molecule has 2 amide bonds. The van der Waals surface area contributed by atoms with Crippen LogP contribution in [0.5, 0.6) is 0 Å². The highest BCUT2D eigenvalue weighted by Gasteiger charge is 2.20. The fourth-order valence-electron chi connectivity index (χ4n) is 12.6. The first-order chi connectivity index (χ1) is 52.1. The predicted molar refractivity (Wildman–Crippen MR) is 464 cm³/mol. The first-order valence-corrected chi connectivity index (χ1v) is 42.5. The van der Waals surface area contributed by atoms with Crippen molar-refractivity contribution < 1.29 is 24.0 Å². The summed E-state index contributed by atoms with van der Waals surface area (Å²) in [6, 6.07) is 5.53. The quantitative estimate of drug-likeness (QED) is 0.0298. The number of anilines is 2. The van der Waals surface area contributed by atoms with Crippen LogP contribution < -0.4 is 63.8 Å². The summed E-state index contributed by atoms with van der Waals surface area (Å²) in [6.45, 7) is 59.1. The minimum Gasteiger partial charge on any atom is -0.388 e. The van der Waals surface area contributed by atoms with Gasteiger partial charge in [0.2, 0.25) is 11.8 Å². The lowest BCUT2D eigenvalue weighted by Gasteiger charge is -2.33. The van der Waals surface area contributed by atoms with E-state index in [0.717, 1.165) is 133 Å². The summed E-state index contributed by atoms with van der Waals surface area (Å²) in [4.78, 5) is 80.9. The molecule has 2 aliphatic rings. The van der Waals surface area contributed by atoms with Crippen LogP contribution in [0.3, 0.4) is 0 Å². The topological polar surface area (TPSA) is 259 Å². The molecule has 0 radical (unpaired) electrons. The average molecular weight is 1540 g/mol. The van der Waals surface area contributed by atoms with Crippen LogP contribution in [0.1, 0.15) is 170 Å². The first kappa shape index (κ1) is 108. The number of hydrogen-bond acceptors (Lipinski definition) is 24. The molecule has 0 bridgehead atoms. The van der Waals surface area contributed by atoms with E-state index in [-0.39, 0.29) is 53.3 Å². The Morgan fingerprint density at radius 2 is 0.556 bits per heavy atom. The van der Waals surface area contributed by atoms with Gasteiger partial charge in [0.05, 0.1) is 24.2 Å². The minimum absolute atomic E-state index is 0.0544. The summed E-state index contributed by atoms with van der Waals surface area (Å²) in [5.74, 6) is 0.750. The van der Waals surface area contributed by atoms with Crippen molar-refractivity contribution in [3.63, 3.8) is 0 Å². The molecule has 1 aromatic carbocycles. The molecule has 0 aromatic heterocycles. The monoisotopic (exact) mass is 1530 g/mol. The standard InChI is InChI=1S/C21H47N7O2.2C16H36N4.C11H16N2O.2C9H20N2O/c1-22-12-8-6-10-18(24-3)20(29)26-14-16-28(5)17-15-27-21(30)19(25-4)11-7-9-13-23-2;2*1-5-17-9-11-18(6-2)13-15-20(8-4)16-14-19(7-3)12-10-17;1-4-11(14)8-5-9(12-2)7-10(6-8)13-3;2*1-8(12)9(11-3)6-4-5-7-10-2/h18-19,22-25H,6-17H2,1-5H3,(H,26,29)(H,27,30);2*5-16H2,1-4H3;5-7,12-13H,4H2,1-3H3;2*9-11H,4-7H2,1-3H3. The van der Waals surface area contributed by atoms with Crippen LogP contribution >= 0.6 is 0 Å². The second kappa shape index (κ2) is 75.8. The normalized spacial score (nSPS) is 16.5. The first-order valence-electron chi connectivity index (χ1n) is 42.5. The Bertz CT molecular complexity index is 1980. The van der Waals surface area contributed by atoms with Gasteiger partial charge in [-0.05, 0) is 225 Å². The van der Waals surface area contributed by atoms with Gasteiger partial charge in [0, 0.05) is 168 Å². The Hall–Kier alpha value is -3.91. The lowest BCUT2D eigenvalue weighted by atomic mass is 10.1. The number of benzene rings is 1. The Morgan fingerprint density at radius 3 is 0.731 bits per heavy atom. The van der Waals surface area contributed by atoms with Gasteiger partial charge in [-0.3, -0.25) is 24.0 Å². The Labute approximate surface area is 663 Å². The van der Waals surface area contributed by atoms with Gasteiger partial charge in [-0.15, -0.1) is 0 Å². The van der Waals surface area contributed by atoms with E-state index in [1.165, 1.54) is 157 Å². The molecule has 4 atom stereocenters. The highest BCUT2D eigenvalue weighted by Crippen LogP contribution is 2.19. The van der Waals surface area contributed by atoms with Crippen molar-refractivity contribution in [2.75, 3.05) is 298 Å². The second-order valence-corrected chi connectivity index (χ2v) is 28.4. The fraction of sp³-hybridized carbons (Fsp3) is 0.866. The lowest BCUT2D eigenvalue weighted by molar-refractivity contribution is -0.123. The Kier molecular flexibility index (Phi) is 75.9. The number of nitrogens with zero attached hydrogens (tertiary/aromatic N) is 9. The zero-order chi connectivity index (χ0) is 81.6. The van der Waals surface area contributed by atoms with E-state index >= 15 is 0 Å². The Balaban J connectivity index is -0.00000126. The maximum Gasteiger partial charge on any atom is 0.237 e. The van der Waals surface area contributed by atoms with Gasteiger partial charge in [0.15, 0.2) is 5.78 Å². The molecule has 2 heterocycles.